The van der Waals surface area contributed by atoms with Crippen LogP contribution in [0.2, 0.25) is 0 Å². The third kappa shape index (κ3) is 3.63. The van der Waals surface area contributed by atoms with Crippen molar-refractivity contribution in [2.75, 3.05) is 5.32 Å². The standard InChI is InChI=1S/C19H13F2N5O2/c1-10-2-7-17(26-25-10)28-12-5-3-11(4-6-12)18(27)24-19-22-15-8-13(20)14(21)9-16(15)23-19/h2-9H,1H3,(H2,22,23,24,27). The molecule has 2 aromatic carbocycles. The summed E-state index contributed by atoms with van der Waals surface area (Å²) < 4.78 is 32.1. The second-order valence-electron chi connectivity index (χ2n) is 5.96. The van der Waals surface area contributed by atoms with Crippen molar-refractivity contribution in [2.24, 2.45) is 0 Å². The fraction of sp³-hybridized carbons (Fsp3) is 0.0526. The summed E-state index contributed by atoms with van der Waals surface area (Å²) in [6.45, 7) is 1.82. The molecule has 0 bridgehead atoms. The number of anilines is 1. The number of amides is 1. The van der Waals surface area contributed by atoms with Gasteiger partial charge in [0.15, 0.2) is 11.6 Å². The molecule has 0 aliphatic heterocycles. The lowest BCUT2D eigenvalue weighted by atomic mass is 10.2. The highest BCUT2D eigenvalue weighted by molar-refractivity contribution is 6.04. The van der Waals surface area contributed by atoms with Gasteiger partial charge in [0.2, 0.25) is 11.8 Å². The number of imidazole rings is 1. The third-order valence-corrected chi connectivity index (χ3v) is 3.87. The summed E-state index contributed by atoms with van der Waals surface area (Å²) in [6, 6.07) is 11.7. The molecule has 7 nitrogen and oxygen atoms in total. The first-order valence-electron chi connectivity index (χ1n) is 8.22. The van der Waals surface area contributed by atoms with Crippen LogP contribution in [0.1, 0.15) is 16.1 Å². The SMILES string of the molecule is Cc1ccc(Oc2ccc(C(=O)Nc3nc4cc(F)c(F)cc4[nH]3)cc2)nn1. The fourth-order valence-electron chi connectivity index (χ4n) is 2.48. The number of carbonyl (C=O) groups excluding carboxylic acids is 1. The van der Waals surface area contributed by atoms with Crippen molar-refractivity contribution in [1.82, 2.24) is 20.2 Å². The summed E-state index contributed by atoms with van der Waals surface area (Å²) in [5, 5.41) is 10.4. The minimum absolute atomic E-state index is 0.0836. The molecule has 28 heavy (non-hydrogen) atoms. The molecule has 0 atom stereocenters. The van der Waals surface area contributed by atoms with Crippen LogP contribution in [-0.4, -0.2) is 26.1 Å². The van der Waals surface area contributed by atoms with Crippen molar-refractivity contribution in [3.8, 4) is 11.6 Å². The second-order valence-corrected chi connectivity index (χ2v) is 5.96. The maximum atomic E-state index is 13.3. The van der Waals surface area contributed by atoms with Crippen LogP contribution in [0.3, 0.4) is 0 Å². The number of aromatic amines is 1. The lowest BCUT2D eigenvalue weighted by Crippen LogP contribution is -2.12. The zero-order chi connectivity index (χ0) is 19.7. The van der Waals surface area contributed by atoms with E-state index in [0.717, 1.165) is 17.8 Å². The molecule has 2 N–H and O–H groups in total. The average Bonchev–Trinajstić information content (AvgIpc) is 3.05. The van der Waals surface area contributed by atoms with Crippen LogP contribution in [-0.2, 0) is 0 Å². The molecule has 0 fully saturated rings. The number of carbonyl (C=O) groups is 1. The predicted octanol–water partition coefficient (Wildman–Crippen LogP) is 3.98. The number of rotatable bonds is 4. The first-order valence-corrected chi connectivity index (χ1v) is 8.22. The van der Waals surface area contributed by atoms with Gasteiger partial charge in [-0.3, -0.25) is 10.1 Å². The zero-order valence-corrected chi connectivity index (χ0v) is 14.5. The Morgan fingerprint density at radius 3 is 2.50 bits per heavy atom. The number of halogens is 2. The molecule has 2 aromatic heterocycles. The number of benzene rings is 2. The number of nitrogens with one attached hydrogen (secondary N) is 2. The molecule has 0 spiro atoms. The molecule has 4 aromatic rings. The zero-order valence-electron chi connectivity index (χ0n) is 14.5. The van der Waals surface area contributed by atoms with Gasteiger partial charge in [-0.2, -0.15) is 5.10 Å². The number of aromatic nitrogens is 4. The number of H-pyrrole nitrogens is 1. The number of ether oxygens (including phenoxy) is 1. The quantitative estimate of drug-likeness (QED) is 0.558. The van der Waals surface area contributed by atoms with Gasteiger partial charge in [-0.25, -0.2) is 13.8 Å². The van der Waals surface area contributed by atoms with Gasteiger partial charge in [-0.15, -0.1) is 5.10 Å². The largest absolute Gasteiger partial charge is 0.438 e. The lowest BCUT2D eigenvalue weighted by Gasteiger charge is -2.06. The third-order valence-electron chi connectivity index (χ3n) is 3.87. The van der Waals surface area contributed by atoms with Crippen LogP contribution in [0.5, 0.6) is 11.6 Å². The molecule has 4 rings (SSSR count). The van der Waals surface area contributed by atoms with E-state index in [1.54, 1.807) is 36.4 Å². The van der Waals surface area contributed by atoms with Gasteiger partial charge in [0.05, 0.1) is 16.7 Å². The van der Waals surface area contributed by atoms with Crippen LogP contribution in [0, 0.1) is 18.6 Å². The van der Waals surface area contributed by atoms with E-state index in [2.05, 4.69) is 25.5 Å². The van der Waals surface area contributed by atoms with Gasteiger partial charge in [0.25, 0.3) is 5.91 Å². The van der Waals surface area contributed by atoms with Crippen molar-refractivity contribution in [1.29, 1.82) is 0 Å². The normalized spacial score (nSPS) is 10.8. The Kier molecular flexibility index (Phi) is 4.40. The topological polar surface area (TPSA) is 92.8 Å². The Hall–Kier alpha value is -3.88. The van der Waals surface area contributed by atoms with E-state index in [1.165, 1.54) is 0 Å². The van der Waals surface area contributed by atoms with Gasteiger partial charge in [-0.05, 0) is 37.3 Å². The van der Waals surface area contributed by atoms with E-state index in [4.69, 9.17) is 4.74 Å². The summed E-state index contributed by atoms with van der Waals surface area (Å²) in [4.78, 5) is 19.1. The van der Waals surface area contributed by atoms with Crippen molar-refractivity contribution in [2.45, 2.75) is 6.92 Å². The highest BCUT2D eigenvalue weighted by Crippen LogP contribution is 2.21. The molecule has 0 unspecified atom stereocenters. The van der Waals surface area contributed by atoms with Crippen LogP contribution in [0.15, 0.2) is 48.5 Å². The van der Waals surface area contributed by atoms with Crippen LogP contribution < -0.4 is 10.1 Å². The van der Waals surface area contributed by atoms with Crippen LogP contribution in [0.4, 0.5) is 14.7 Å². The van der Waals surface area contributed by atoms with E-state index in [-0.39, 0.29) is 17.0 Å². The molecule has 0 saturated heterocycles. The molecule has 0 radical (unpaired) electrons. The van der Waals surface area contributed by atoms with Gasteiger partial charge in [0, 0.05) is 23.8 Å². The maximum absolute atomic E-state index is 13.3. The molecule has 0 saturated carbocycles. The van der Waals surface area contributed by atoms with Crippen LogP contribution in [0.25, 0.3) is 11.0 Å². The minimum atomic E-state index is -1.01. The lowest BCUT2D eigenvalue weighted by molar-refractivity contribution is 0.102. The minimum Gasteiger partial charge on any atom is -0.438 e. The van der Waals surface area contributed by atoms with Crippen molar-refractivity contribution < 1.29 is 18.3 Å². The van der Waals surface area contributed by atoms with E-state index in [1.807, 2.05) is 6.92 Å². The summed E-state index contributed by atoms with van der Waals surface area (Å²) in [6.07, 6.45) is 0. The second kappa shape index (κ2) is 7.03. The Labute approximate surface area is 157 Å². The van der Waals surface area contributed by atoms with Gasteiger partial charge in [-0.1, -0.05) is 0 Å². The van der Waals surface area contributed by atoms with Crippen molar-refractivity contribution in [3.63, 3.8) is 0 Å². The van der Waals surface area contributed by atoms with E-state index in [9.17, 15) is 13.6 Å². The van der Waals surface area contributed by atoms with Crippen LogP contribution >= 0.6 is 0 Å². The molecule has 1 amide bonds. The summed E-state index contributed by atoms with van der Waals surface area (Å²) in [5.74, 6) is -1.54. The summed E-state index contributed by atoms with van der Waals surface area (Å²) in [7, 11) is 0. The van der Waals surface area contributed by atoms with Gasteiger partial charge >= 0.3 is 0 Å². The number of aryl methyl sites for hydroxylation is 1. The van der Waals surface area contributed by atoms with Crippen molar-refractivity contribution >= 4 is 22.9 Å². The van der Waals surface area contributed by atoms with Gasteiger partial charge in [0.1, 0.15) is 5.75 Å². The highest BCUT2D eigenvalue weighted by atomic mass is 19.2. The molecule has 0 aliphatic carbocycles. The maximum Gasteiger partial charge on any atom is 0.257 e. The monoisotopic (exact) mass is 381 g/mol. The Morgan fingerprint density at radius 2 is 1.79 bits per heavy atom. The van der Waals surface area contributed by atoms with Crippen molar-refractivity contribution in [3.05, 3.63) is 71.4 Å². The summed E-state index contributed by atoms with van der Waals surface area (Å²) in [5.41, 5.74) is 1.60. The van der Waals surface area contributed by atoms with Gasteiger partial charge < -0.3 is 9.72 Å². The fourth-order valence-corrected chi connectivity index (χ4v) is 2.48. The number of nitrogens with zero attached hydrogens (tertiary/aromatic N) is 3. The molecular weight excluding hydrogens is 368 g/mol. The number of hydrogen-bond donors (Lipinski definition) is 2. The Balaban J connectivity index is 1.46. The number of hydrogen-bond acceptors (Lipinski definition) is 5. The highest BCUT2D eigenvalue weighted by Gasteiger charge is 2.12. The Bertz CT molecular complexity index is 1120. The average molecular weight is 381 g/mol. The first kappa shape index (κ1) is 17.5. The molecule has 0 aliphatic rings. The summed E-state index contributed by atoms with van der Waals surface area (Å²) >= 11 is 0. The molecule has 9 heteroatoms. The van der Waals surface area contributed by atoms with E-state index < -0.39 is 17.5 Å². The molecule has 140 valence electrons. The number of fused-ring (bicyclic) bond motifs is 1. The molecule has 2 heterocycles. The Morgan fingerprint density at radius 1 is 1.04 bits per heavy atom. The van der Waals surface area contributed by atoms with E-state index in [0.29, 0.717) is 17.2 Å². The smallest absolute Gasteiger partial charge is 0.257 e. The van der Waals surface area contributed by atoms with E-state index >= 15 is 0 Å². The first-order chi connectivity index (χ1) is 13.5. The predicted molar refractivity (Wildman–Crippen MR) is 97.2 cm³/mol. The molecular formula is C19H13F2N5O2.